The van der Waals surface area contributed by atoms with E-state index in [1.54, 1.807) is 103 Å². The molecule has 8 fully saturated rings. The highest BCUT2D eigenvalue weighted by Crippen LogP contribution is 2.79. The van der Waals surface area contributed by atoms with Crippen molar-refractivity contribution >= 4 is 0 Å². The van der Waals surface area contributed by atoms with Crippen molar-refractivity contribution in [2.75, 3.05) is 0 Å². The van der Waals surface area contributed by atoms with Crippen LogP contribution in [0.4, 0.5) is 0 Å². The minimum atomic E-state index is 0.517. The van der Waals surface area contributed by atoms with Gasteiger partial charge in [0.2, 0.25) is 0 Å². The lowest BCUT2D eigenvalue weighted by molar-refractivity contribution is -0.109. The van der Waals surface area contributed by atoms with Crippen molar-refractivity contribution in [3.63, 3.8) is 0 Å². The third-order valence-electron chi connectivity index (χ3n) is 21.3. The summed E-state index contributed by atoms with van der Waals surface area (Å²) in [6.07, 6.45) is 30.9. The van der Waals surface area contributed by atoms with E-state index in [9.17, 15) is 0 Å². The highest BCUT2D eigenvalue weighted by molar-refractivity contribution is 5.21. The van der Waals surface area contributed by atoms with Crippen LogP contribution in [0.2, 0.25) is 0 Å². The summed E-state index contributed by atoms with van der Waals surface area (Å²) in [5.74, 6) is 15.5. The SMILES string of the molecule is CCC(C)(CC)C1CC(C(C)(CC)CC)CC2(C1)C1CC3CCCCC3CC1C1C3C4C5CCCCC5CCC4C(C)(C)C3CC(C)C12. The molecule has 1 spiro atoms. The molecule has 0 heteroatoms. The summed E-state index contributed by atoms with van der Waals surface area (Å²) in [5.41, 5.74) is 2.22. The summed E-state index contributed by atoms with van der Waals surface area (Å²) >= 11 is 0. The fourth-order valence-corrected chi connectivity index (χ4v) is 18.2. The lowest BCUT2D eigenvalue weighted by atomic mass is 9.45. The zero-order chi connectivity index (χ0) is 33.8. The molecular formula is C48H82. The summed E-state index contributed by atoms with van der Waals surface area (Å²) in [6.45, 7) is 24.4. The molecule has 0 bridgehead atoms. The first-order valence-electron chi connectivity index (χ1n) is 23.0. The highest BCUT2D eigenvalue weighted by atomic mass is 14.8. The van der Waals surface area contributed by atoms with Crippen molar-refractivity contribution in [2.45, 2.75) is 191 Å². The van der Waals surface area contributed by atoms with Crippen LogP contribution in [-0.2, 0) is 0 Å². The minimum Gasteiger partial charge on any atom is -0.0649 e. The van der Waals surface area contributed by atoms with Crippen LogP contribution in [0.5, 0.6) is 0 Å². The second-order valence-corrected chi connectivity index (χ2v) is 22.3. The van der Waals surface area contributed by atoms with Gasteiger partial charge >= 0.3 is 0 Å². The van der Waals surface area contributed by atoms with Gasteiger partial charge < -0.3 is 0 Å². The van der Waals surface area contributed by atoms with E-state index in [1.807, 2.05) is 0 Å². The average molecular weight is 659 g/mol. The molecule has 8 aliphatic carbocycles. The molecule has 0 radical (unpaired) electrons. The molecule has 8 saturated carbocycles. The van der Waals surface area contributed by atoms with E-state index in [4.69, 9.17) is 0 Å². The molecule has 0 aromatic carbocycles. The molecule has 0 N–H and O–H groups in total. The van der Waals surface area contributed by atoms with E-state index in [-0.39, 0.29) is 0 Å². The lowest BCUT2D eigenvalue weighted by Gasteiger charge is -2.60. The standard InChI is InChI=1S/C48H82/c1-10-46(8,11-2)34-27-35(47(9,12-3)13-4)29-48(28-34)39-26-33-20-15-14-19-32(33)25-37(39)42-43-40(24-30(5)44(42)48)45(6,7)38-23-22-31-18-16-17-21-36(31)41(38)43/h30-44H,10-29H2,1-9H3. The highest BCUT2D eigenvalue weighted by Gasteiger charge is 2.73. The molecule has 0 aromatic heterocycles. The fourth-order valence-electron chi connectivity index (χ4n) is 18.2. The van der Waals surface area contributed by atoms with E-state index in [0.29, 0.717) is 21.7 Å². The quantitative estimate of drug-likeness (QED) is 0.266. The number of hydrogen-bond donors (Lipinski definition) is 0. The van der Waals surface area contributed by atoms with Gasteiger partial charge in [-0.3, -0.25) is 0 Å². The summed E-state index contributed by atoms with van der Waals surface area (Å²) in [4.78, 5) is 0. The van der Waals surface area contributed by atoms with Crippen molar-refractivity contribution in [3.8, 4) is 0 Å². The van der Waals surface area contributed by atoms with Gasteiger partial charge in [-0.2, -0.15) is 0 Å². The number of fused-ring (bicyclic) bond motifs is 12. The Balaban J connectivity index is 1.28. The third-order valence-corrected chi connectivity index (χ3v) is 21.3. The minimum absolute atomic E-state index is 0.517. The van der Waals surface area contributed by atoms with Crippen LogP contribution in [0.1, 0.15) is 191 Å². The van der Waals surface area contributed by atoms with Crippen molar-refractivity contribution < 1.29 is 0 Å². The molecule has 274 valence electrons. The fraction of sp³-hybridized carbons (Fsp3) is 1.00. The molecule has 0 nitrogen and oxygen atoms in total. The summed E-state index contributed by atoms with van der Waals surface area (Å²) < 4.78 is 0. The van der Waals surface area contributed by atoms with Crippen LogP contribution in [0.15, 0.2) is 0 Å². The average Bonchev–Trinajstić information content (AvgIpc) is 3.50. The Morgan fingerprint density at radius 2 is 1.08 bits per heavy atom. The lowest BCUT2D eigenvalue weighted by Crippen LogP contribution is -2.52. The Morgan fingerprint density at radius 1 is 0.521 bits per heavy atom. The molecule has 8 aliphatic rings. The molecular weight excluding hydrogens is 577 g/mol. The predicted molar refractivity (Wildman–Crippen MR) is 205 cm³/mol. The van der Waals surface area contributed by atoms with E-state index < -0.39 is 0 Å². The number of rotatable bonds is 6. The van der Waals surface area contributed by atoms with Crippen molar-refractivity contribution in [2.24, 2.45) is 110 Å². The Kier molecular flexibility index (Phi) is 9.17. The Morgan fingerprint density at radius 3 is 1.69 bits per heavy atom. The number of hydrogen-bond acceptors (Lipinski definition) is 0. The monoisotopic (exact) mass is 659 g/mol. The predicted octanol–water partition coefficient (Wildman–Crippen LogP) is 14.3. The van der Waals surface area contributed by atoms with Gasteiger partial charge in [-0.05, 0) is 168 Å². The van der Waals surface area contributed by atoms with Crippen LogP contribution in [-0.4, -0.2) is 0 Å². The Labute approximate surface area is 300 Å². The largest absolute Gasteiger partial charge is 0.0649 e. The maximum absolute atomic E-state index is 2.87. The van der Waals surface area contributed by atoms with Crippen LogP contribution < -0.4 is 0 Å². The van der Waals surface area contributed by atoms with Gasteiger partial charge in [0.05, 0.1) is 0 Å². The second-order valence-electron chi connectivity index (χ2n) is 22.3. The first-order chi connectivity index (χ1) is 23.0. The van der Waals surface area contributed by atoms with Gasteiger partial charge in [0, 0.05) is 0 Å². The van der Waals surface area contributed by atoms with Crippen molar-refractivity contribution in [1.82, 2.24) is 0 Å². The van der Waals surface area contributed by atoms with Crippen LogP contribution in [0, 0.1) is 110 Å². The maximum Gasteiger partial charge on any atom is -0.0227 e. The normalized spacial score (nSPS) is 51.3. The van der Waals surface area contributed by atoms with Gasteiger partial charge in [-0.25, -0.2) is 0 Å². The van der Waals surface area contributed by atoms with Crippen LogP contribution in [0.3, 0.4) is 0 Å². The van der Waals surface area contributed by atoms with E-state index in [0.717, 1.165) is 88.8 Å². The molecule has 48 heavy (non-hydrogen) atoms. The zero-order valence-corrected chi connectivity index (χ0v) is 33.8. The molecule has 0 saturated heterocycles. The van der Waals surface area contributed by atoms with Gasteiger partial charge in [0.25, 0.3) is 0 Å². The van der Waals surface area contributed by atoms with Crippen LogP contribution >= 0.6 is 0 Å². The first-order valence-corrected chi connectivity index (χ1v) is 23.0. The molecule has 15 unspecified atom stereocenters. The molecule has 15 atom stereocenters. The van der Waals surface area contributed by atoms with Gasteiger partial charge in [0.1, 0.15) is 0 Å². The van der Waals surface area contributed by atoms with Crippen molar-refractivity contribution in [1.29, 1.82) is 0 Å². The zero-order valence-electron chi connectivity index (χ0n) is 33.8. The smallest absolute Gasteiger partial charge is 0.0227 e. The van der Waals surface area contributed by atoms with Gasteiger partial charge in [-0.15, -0.1) is 0 Å². The van der Waals surface area contributed by atoms with Crippen LogP contribution in [0.25, 0.3) is 0 Å². The molecule has 8 rings (SSSR count). The second kappa shape index (κ2) is 12.6. The van der Waals surface area contributed by atoms with E-state index in [1.165, 1.54) is 25.7 Å². The first kappa shape index (κ1) is 35.1. The molecule has 0 amide bonds. The van der Waals surface area contributed by atoms with Gasteiger partial charge in [-0.1, -0.05) is 133 Å². The van der Waals surface area contributed by atoms with Gasteiger partial charge in [0.15, 0.2) is 0 Å². The van der Waals surface area contributed by atoms with E-state index in [2.05, 4.69) is 62.3 Å². The maximum atomic E-state index is 2.87. The molecule has 0 aromatic rings. The third kappa shape index (κ3) is 4.96. The molecule has 0 aliphatic heterocycles. The Hall–Kier alpha value is 0. The van der Waals surface area contributed by atoms with E-state index >= 15 is 0 Å². The summed E-state index contributed by atoms with van der Waals surface area (Å²) in [7, 11) is 0. The Bertz CT molecular complexity index is 1110. The molecule has 0 heterocycles. The van der Waals surface area contributed by atoms with Crippen molar-refractivity contribution in [3.05, 3.63) is 0 Å². The summed E-state index contributed by atoms with van der Waals surface area (Å²) in [6, 6.07) is 0. The topological polar surface area (TPSA) is 0 Å². The summed E-state index contributed by atoms with van der Waals surface area (Å²) in [5, 5.41) is 0.